The first-order valence-electron chi connectivity index (χ1n) is 10.6. The van der Waals surface area contributed by atoms with Crippen molar-refractivity contribution < 1.29 is 19.1 Å². The number of ether oxygens (including phenoxy) is 1. The molecule has 5 amide bonds. The van der Waals surface area contributed by atoms with Gasteiger partial charge in [0.25, 0.3) is 0 Å². The number of anilines is 3. The first-order valence-corrected chi connectivity index (χ1v) is 10.6. The Labute approximate surface area is 187 Å². The van der Waals surface area contributed by atoms with Crippen molar-refractivity contribution in [3.8, 4) is 5.75 Å². The van der Waals surface area contributed by atoms with Crippen molar-refractivity contribution in [2.45, 2.75) is 19.8 Å². The topological polar surface area (TPSA) is 112 Å². The van der Waals surface area contributed by atoms with Crippen LogP contribution in [0, 0.1) is 5.92 Å². The molecule has 0 aliphatic carbocycles. The van der Waals surface area contributed by atoms with Gasteiger partial charge >= 0.3 is 12.1 Å². The van der Waals surface area contributed by atoms with E-state index in [0.29, 0.717) is 42.4 Å². The molecule has 2 aromatic carbocycles. The van der Waals surface area contributed by atoms with E-state index >= 15 is 0 Å². The number of methoxy groups -OCH3 is 1. The summed E-state index contributed by atoms with van der Waals surface area (Å²) in [6, 6.07) is 13.2. The second-order valence-corrected chi connectivity index (χ2v) is 7.49. The Balaban J connectivity index is 1.49. The van der Waals surface area contributed by atoms with E-state index in [1.165, 1.54) is 0 Å². The Morgan fingerprint density at radius 3 is 2.06 bits per heavy atom. The van der Waals surface area contributed by atoms with Gasteiger partial charge in [0.2, 0.25) is 5.91 Å². The molecular weight excluding hydrogens is 410 g/mol. The van der Waals surface area contributed by atoms with Crippen LogP contribution in [-0.4, -0.2) is 49.6 Å². The number of nitrogens with zero attached hydrogens (tertiary/aromatic N) is 1. The van der Waals surface area contributed by atoms with Crippen molar-refractivity contribution >= 4 is 35.0 Å². The van der Waals surface area contributed by atoms with Crippen LogP contribution in [0.2, 0.25) is 0 Å². The van der Waals surface area contributed by atoms with E-state index in [4.69, 9.17) is 4.74 Å². The van der Waals surface area contributed by atoms with Crippen molar-refractivity contribution in [3.05, 3.63) is 48.5 Å². The number of piperidine rings is 1. The zero-order valence-corrected chi connectivity index (χ0v) is 18.3. The first kappa shape index (κ1) is 22.9. The third-order valence-corrected chi connectivity index (χ3v) is 5.17. The summed E-state index contributed by atoms with van der Waals surface area (Å²) in [5.74, 6) is 0.525. The Bertz CT molecular complexity index is 930. The van der Waals surface area contributed by atoms with E-state index in [2.05, 4.69) is 21.3 Å². The molecule has 32 heavy (non-hydrogen) atoms. The van der Waals surface area contributed by atoms with Gasteiger partial charge in [0.15, 0.2) is 0 Å². The molecule has 0 unspecified atom stereocenters. The number of hydrogen-bond donors (Lipinski definition) is 4. The maximum Gasteiger partial charge on any atom is 0.323 e. The lowest BCUT2D eigenvalue weighted by atomic mass is 9.97. The van der Waals surface area contributed by atoms with Gasteiger partial charge in [-0.05, 0) is 68.3 Å². The van der Waals surface area contributed by atoms with Crippen LogP contribution in [-0.2, 0) is 4.79 Å². The van der Waals surface area contributed by atoms with Crippen molar-refractivity contribution in [1.29, 1.82) is 0 Å². The average Bonchev–Trinajstić information content (AvgIpc) is 2.81. The molecule has 0 spiro atoms. The number of carbonyl (C=O) groups excluding carboxylic acids is 3. The fourth-order valence-electron chi connectivity index (χ4n) is 3.50. The lowest BCUT2D eigenvalue weighted by molar-refractivity contribution is -0.126. The fourth-order valence-corrected chi connectivity index (χ4v) is 3.50. The van der Waals surface area contributed by atoms with Crippen LogP contribution in [0.3, 0.4) is 0 Å². The Morgan fingerprint density at radius 1 is 0.938 bits per heavy atom. The molecule has 4 N–H and O–H groups in total. The molecule has 9 heteroatoms. The number of rotatable bonds is 6. The molecular formula is C23H29N5O4. The highest BCUT2D eigenvalue weighted by Gasteiger charge is 2.28. The van der Waals surface area contributed by atoms with Crippen molar-refractivity contribution in [2.24, 2.45) is 5.92 Å². The molecule has 1 saturated heterocycles. The number of urea groups is 2. The molecule has 0 bridgehead atoms. The Hall–Kier alpha value is -3.75. The molecule has 0 saturated carbocycles. The zero-order valence-electron chi connectivity index (χ0n) is 18.3. The van der Waals surface area contributed by atoms with E-state index in [1.54, 1.807) is 60.5 Å². The lowest BCUT2D eigenvalue weighted by Gasteiger charge is -2.32. The monoisotopic (exact) mass is 439 g/mol. The van der Waals surface area contributed by atoms with Crippen LogP contribution in [0.5, 0.6) is 5.75 Å². The van der Waals surface area contributed by atoms with E-state index in [0.717, 1.165) is 12.8 Å². The van der Waals surface area contributed by atoms with E-state index in [-0.39, 0.29) is 23.9 Å². The number of carbonyl (C=O) groups is 3. The third-order valence-electron chi connectivity index (χ3n) is 5.17. The van der Waals surface area contributed by atoms with Crippen LogP contribution in [0.1, 0.15) is 19.8 Å². The molecule has 0 aromatic heterocycles. The summed E-state index contributed by atoms with van der Waals surface area (Å²) in [5, 5.41) is 11.2. The molecule has 1 aliphatic rings. The number of hydrogen-bond acceptors (Lipinski definition) is 4. The van der Waals surface area contributed by atoms with Gasteiger partial charge in [0.05, 0.1) is 13.0 Å². The van der Waals surface area contributed by atoms with Crippen LogP contribution in [0.15, 0.2) is 48.5 Å². The maximum absolute atomic E-state index is 12.6. The number of benzene rings is 2. The summed E-state index contributed by atoms with van der Waals surface area (Å²) in [4.78, 5) is 38.5. The van der Waals surface area contributed by atoms with Gasteiger partial charge in [0.1, 0.15) is 5.75 Å². The van der Waals surface area contributed by atoms with Gasteiger partial charge in [-0.25, -0.2) is 9.59 Å². The number of amides is 5. The number of nitrogens with one attached hydrogen (secondary N) is 4. The third kappa shape index (κ3) is 6.37. The second kappa shape index (κ2) is 11.0. The van der Waals surface area contributed by atoms with Crippen molar-refractivity contribution in [3.63, 3.8) is 0 Å². The summed E-state index contributed by atoms with van der Waals surface area (Å²) in [6.45, 7) is 3.49. The van der Waals surface area contributed by atoms with Crippen molar-refractivity contribution in [1.82, 2.24) is 10.2 Å². The molecule has 2 aromatic rings. The highest BCUT2D eigenvalue weighted by molar-refractivity contribution is 6.00. The quantitative estimate of drug-likeness (QED) is 0.550. The molecule has 9 nitrogen and oxygen atoms in total. The molecule has 1 aliphatic heterocycles. The van der Waals surface area contributed by atoms with E-state index in [1.807, 2.05) is 6.92 Å². The second-order valence-electron chi connectivity index (χ2n) is 7.49. The zero-order chi connectivity index (χ0) is 22.9. The van der Waals surface area contributed by atoms with E-state index < -0.39 is 0 Å². The first-order chi connectivity index (χ1) is 15.5. The fraction of sp³-hybridized carbons (Fsp3) is 0.348. The molecule has 170 valence electrons. The molecule has 1 fully saturated rings. The van der Waals surface area contributed by atoms with Crippen LogP contribution < -0.4 is 26.0 Å². The van der Waals surface area contributed by atoms with Crippen molar-refractivity contribution in [2.75, 3.05) is 42.7 Å². The minimum Gasteiger partial charge on any atom is -0.497 e. The summed E-state index contributed by atoms with van der Waals surface area (Å²) in [5.41, 5.74) is 1.83. The highest BCUT2D eigenvalue weighted by Crippen LogP contribution is 2.20. The largest absolute Gasteiger partial charge is 0.497 e. The van der Waals surface area contributed by atoms with Gasteiger partial charge < -0.3 is 30.9 Å². The minimum absolute atomic E-state index is 0.00616. The van der Waals surface area contributed by atoms with Gasteiger partial charge in [-0.15, -0.1) is 0 Å². The van der Waals surface area contributed by atoms with Crippen LogP contribution in [0.4, 0.5) is 26.7 Å². The summed E-state index contributed by atoms with van der Waals surface area (Å²) in [7, 11) is 1.58. The highest BCUT2D eigenvalue weighted by atomic mass is 16.5. The maximum atomic E-state index is 12.6. The van der Waals surface area contributed by atoms with Gasteiger partial charge in [-0.3, -0.25) is 4.79 Å². The molecule has 1 heterocycles. The lowest BCUT2D eigenvalue weighted by Crippen LogP contribution is -2.46. The minimum atomic E-state index is -0.378. The summed E-state index contributed by atoms with van der Waals surface area (Å²) >= 11 is 0. The molecule has 1 atom stereocenters. The average molecular weight is 440 g/mol. The predicted octanol–water partition coefficient (Wildman–Crippen LogP) is 3.72. The number of likely N-dealkylation sites (tertiary alicyclic amines) is 1. The predicted molar refractivity (Wildman–Crippen MR) is 124 cm³/mol. The van der Waals surface area contributed by atoms with Crippen LogP contribution in [0.25, 0.3) is 0 Å². The summed E-state index contributed by atoms with van der Waals surface area (Å²) in [6.07, 6.45) is 1.58. The van der Waals surface area contributed by atoms with Gasteiger partial charge in [0, 0.05) is 36.7 Å². The normalized spacial score (nSPS) is 15.4. The Kier molecular flexibility index (Phi) is 7.91. The van der Waals surface area contributed by atoms with Gasteiger partial charge in [-0.2, -0.15) is 0 Å². The van der Waals surface area contributed by atoms with E-state index in [9.17, 15) is 14.4 Å². The standard InChI is InChI=1S/C23H29N5O4/c1-3-24-21(29)16-5-4-14-28(15-16)23(31)27-19-8-6-17(7-9-19)25-22(30)26-18-10-12-20(32-2)13-11-18/h6-13,16H,3-5,14-15H2,1-2H3,(H,24,29)(H,27,31)(H2,25,26,30)/t16-/m0/s1. The molecule has 3 rings (SSSR count). The Morgan fingerprint density at radius 2 is 1.50 bits per heavy atom. The SMILES string of the molecule is CCNC(=O)[C@H]1CCCN(C(=O)Nc2ccc(NC(=O)Nc3ccc(OC)cc3)cc2)C1. The summed E-state index contributed by atoms with van der Waals surface area (Å²) < 4.78 is 5.09. The van der Waals surface area contributed by atoms with Crippen LogP contribution >= 0.6 is 0 Å². The van der Waals surface area contributed by atoms with Gasteiger partial charge in [-0.1, -0.05) is 0 Å². The smallest absolute Gasteiger partial charge is 0.323 e. The molecule has 0 radical (unpaired) electrons.